The molecular weight excluding hydrogens is 647 g/mol. The fraction of sp³-hybridized carbons (Fsp3) is 0.778. The highest BCUT2D eigenvalue weighted by atomic mass is 127. The van der Waals surface area contributed by atoms with Gasteiger partial charge in [-0.05, 0) is 25.3 Å². The molecule has 0 radical (unpaired) electrons. The van der Waals surface area contributed by atoms with Gasteiger partial charge in [0.15, 0.2) is 11.7 Å². The first-order valence-electron chi connectivity index (χ1n) is 13.3. The normalized spacial score (nSPS) is 48.1. The van der Waals surface area contributed by atoms with Gasteiger partial charge in [-0.25, -0.2) is 0 Å². The number of hydrogen-bond acceptors (Lipinski definition) is 10. The summed E-state index contributed by atoms with van der Waals surface area (Å²) in [5, 5.41) is -0.858. The predicted molar refractivity (Wildman–Crippen MR) is 144 cm³/mol. The standard InChI is InChI=1S/C27H34ClIO10/c1-7-16(32)37-22-18(29)19-11(2)17(28)21-27(39-19,12(3)24(33)38-21)23(36-14(5)31)20-25(22,6)15(35-13(4)30)8-9-26(20)10-34-26/h12,15,17-23H,2,7-10H2,1,3-6H3/t12-,15-,17-,18+,19+,20+,21-,22-,23-,25-,26-,27-/m0/s1. The van der Waals surface area contributed by atoms with Gasteiger partial charge in [0.1, 0.15) is 18.3 Å². The third kappa shape index (κ3) is 4.15. The molecule has 12 heteroatoms. The number of carbonyl (C=O) groups excluding carboxylic acids is 4. The minimum Gasteiger partial charge on any atom is -0.462 e. The molecule has 5 aliphatic rings. The van der Waals surface area contributed by atoms with Crippen LogP contribution in [0, 0.1) is 17.3 Å². The predicted octanol–water partition coefficient (Wildman–Crippen LogP) is 3.04. The Morgan fingerprint density at radius 3 is 2.36 bits per heavy atom. The van der Waals surface area contributed by atoms with Gasteiger partial charge in [-0.3, -0.25) is 19.2 Å². The Morgan fingerprint density at radius 2 is 1.79 bits per heavy atom. The molecule has 10 nitrogen and oxygen atoms in total. The quantitative estimate of drug-likeness (QED) is 0.109. The second-order valence-electron chi connectivity index (χ2n) is 11.5. The highest BCUT2D eigenvalue weighted by Gasteiger charge is 2.79. The first-order chi connectivity index (χ1) is 18.2. The maximum Gasteiger partial charge on any atom is 0.312 e. The van der Waals surface area contributed by atoms with Crippen LogP contribution in [0.1, 0.15) is 53.9 Å². The number of esters is 4. The molecule has 5 rings (SSSR count). The summed E-state index contributed by atoms with van der Waals surface area (Å²) in [6.45, 7) is 12.4. The Labute approximate surface area is 245 Å². The van der Waals surface area contributed by atoms with E-state index < -0.39 is 92.2 Å². The lowest BCUT2D eigenvalue weighted by molar-refractivity contribution is -0.284. The van der Waals surface area contributed by atoms with Crippen molar-refractivity contribution in [2.24, 2.45) is 17.3 Å². The molecule has 39 heavy (non-hydrogen) atoms. The molecule has 2 spiro atoms. The van der Waals surface area contributed by atoms with Crippen molar-refractivity contribution in [1.29, 1.82) is 0 Å². The summed E-state index contributed by atoms with van der Waals surface area (Å²) in [4.78, 5) is 51.2. The van der Waals surface area contributed by atoms with Gasteiger partial charge in [0, 0.05) is 26.2 Å². The number of hydrogen-bond donors (Lipinski definition) is 0. The summed E-state index contributed by atoms with van der Waals surface area (Å²) in [7, 11) is 0. The molecule has 4 aliphatic heterocycles. The van der Waals surface area contributed by atoms with Crippen molar-refractivity contribution in [3.05, 3.63) is 12.2 Å². The molecule has 0 aromatic rings. The van der Waals surface area contributed by atoms with Crippen molar-refractivity contribution in [3.63, 3.8) is 0 Å². The molecule has 2 bridgehead atoms. The van der Waals surface area contributed by atoms with Crippen molar-refractivity contribution in [2.75, 3.05) is 6.61 Å². The molecule has 0 N–H and O–H groups in total. The lowest BCUT2D eigenvalue weighted by atomic mass is 9.51. The van der Waals surface area contributed by atoms with Crippen LogP contribution in [0.2, 0.25) is 0 Å². The van der Waals surface area contributed by atoms with Gasteiger partial charge in [-0.2, -0.15) is 0 Å². The van der Waals surface area contributed by atoms with Crippen LogP contribution in [-0.4, -0.2) is 81.5 Å². The molecule has 4 heterocycles. The summed E-state index contributed by atoms with van der Waals surface area (Å²) in [6.07, 6.45) is -3.47. The van der Waals surface area contributed by atoms with E-state index in [2.05, 4.69) is 29.2 Å². The van der Waals surface area contributed by atoms with Gasteiger partial charge >= 0.3 is 23.9 Å². The largest absolute Gasteiger partial charge is 0.462 e. The Kier molecular flexibility index (Phi) is 7.33. The maximum absolute atomic E-state index is 13.2. The molecule has 4 saturated heterocycles. The van der Waals surface area contributed by atoms with Crippen LogP contribution in [0.25, 0.3) is 0 Å². The molecule has 0 unspecified atom stereocenters. The second kappa shape index (κ2) is 9.84. The number of alkyl halides is 2. The van der Waals surface area contributed by atoms with E-state index in [1.807, 2.05) is 6.92 Å². The number of rotatable bonds is 4. The van der Waals surface area contributed by atoms with Gasteiger partial charge in [0.05, 0.1) is 38.9 Å². The Morgan fingerprint density at radius 1 is 1.15 bits per heavy atom. The number of halogens is 2. The SMILES string of the molecule is C=C1[C@H]2O[C@]3([C@@H](C)C(=O)O[C@H]3[C@H]1Cl)[C@@H](OC(C)=O)[C@H]1[C@]3(CC[C@H](OC(C)=O)[C@]1(C)[C@@H](OC(=O)CC)[C@@H]2I)CO3. The van der Waals surface area contributed by atoms with Gasteiger partial charge in [0.25, 0.3) is 0 Å². The summed E-state index contributed by atoms with van der Waals surface area (Å²) in [5.74, 6) is -3.65. The van der Waals surface area contributed by atoms with Crippen molar-refractivity contribution >= 4 is 58.1 Å². The zero-order valence-electron chi connectivity index (χ0n) is 22.6. The van der Waals surface area contributed by atoms with E-state index in [0.717, 1.165) is 0 Å². The lowest BCUT2D eigenvalue weighted by Gasteiger charge is -2.62. The Hall–Kier alpha value is -1.44. The molecular formula is C27H34ClIO10. The third-order valence-corrected chi connectivity index (χ3v) is 11.2. The topological polar surface area (TPSA) is 127 Å². The fourth-order valence-corrected chi connectivity index (χ4v) is 9.39. The first-order valence-corrected chi connectivity index (χ1v) is 15.0. The van der Waals surface area contributed by atoms with E-state index in [9.17, 15) is 19.2 Å². The zero-order chi connectivity index (χ0) is 28.7. The first kappa shape index (κ1) is 29.1. The van der Waals surface area contributed by atoms with Crippen molar-refractivity contribution in [3.8, 4) is 0 Å². The Bertz CT molecular complexity index is 1110. The van der Waals surface area contributed by atoms with Crippen LogP contribution < -0.4 is 0 Å². The fourth-order valence-electron chi connectivity index (χ4n) is 7.49. The van der Waals surface area contributed by atoms with E-state index in [1.54, 1.807) is 13.8 Å². The van der Waals surface area contributed by atoms with E-state index >= 15 is 0 Å². The van der Waals surface area contributed by atoms with Gasteiger partial charge < -0.3 is 28.4 Å². The van der Waals surface area contributed by atoms with Crippen molar-refractivity contribution in [2.45, 2.75) is 105 Å². The average molecular weight is 681 g/mol. The molecule has 0 aromatic carbocycles. The van der Waals surface area contributed by atoms with E-state index in [0.29, 0.717) is 25.0 Å². The van der Waals surface area contributed by atoms with Crippen LogP contribution >= 0.6 is 34.2 Å². The highest BCUT2D eigenvalue weighted by molar-refractivity contribution is 14.1. The van der Waals surface area contributed by atoms with Crippen LogP contribution in [0.3, 0.4) is 0 Å². The van der Waals surface area contributed by atoms with E-state index in [-0.39, 0.29) is 6.42 Å². The van der Waals surface area contributed by atoms with Crippen LogP contribution in [0.4, 0.5) is 0 Å². The van der Waals surface area contributed by atoms with E-state index in [4.69, 9.17) is 40.0 Å². The molecule has 5 fully saturated rings. The highest BCUT2D eigenvalue weighted by Crippen LogP contribution is 2.65. The smallest absolute Gasteiger partial charge is 0.312 e. The number of epoxide rings is 1. The monoisotopic (exact) mass is 680 g/mol. The van der Waals surface area contributed by atoms with Crippen LogP contribution in [-0.2, 0) is 47.6 Å². The molecule has 0 aromatic heterocycles. The summed E-state index contributed by atoms with van der Waals surface area (Å²) >= 11 is 9.13. The number of carbonyl (C=O) groups is 4. The summed E-state index contributed by atoms with van der Waals surface area (Å²) < 4.78 is 36.5. The molecule has 12 atom stereocenters. The van der Waals surface area contributed by atoms with Gasteiger partial charge in [0.2, 0.25) is 0 Å². The lowest BCUT2D eigenvalue weighted by Crippen LogP contribution is -2.76. The zero-order valence-corrected chi connectivity index (χ0v) is 25.5. The van der Waals surface area contributed by atoms with Gasteiger partial charge in [-0.1, -0.05) is 43.0 Å². The molecule has 1 saturated carbocycles. The van der Waals surface area contributed by atoms with Crippen LogP contribution in [0.15, 0.2) is 12.2 Å². The summed E-state index contributed by atoms with van der Waals surface area (Å²) in [5.41, 5.74) is -2.96. The molecule has 0 amide bonds. The van der Waals surface area contributed by atoms with E-state index in [1.165, 1.54) is 13.8 Å². The molecule has 216 valence electrons. The van der Waals surface area contributed by atoms with Gasteiger partial charge in [-0.15, -0.1) is 11.6 Å². The summed E-state index contributed by atoms with van der Waals surface area (Å²) in [6, 6.07) is 0. The number of fused-ring (bicyclic) bond motifs is 3. The average Bonchev–Trinajstić information content (AvgIpc) is 3.59. The second-order valence-corrected chi connectivity index (χ2v) is 13.4. The van der Waals surface area contributed by atoms with Crippen molar-refractivity contribution < 1.29 is 47.6 Å². The maximum atomic E-state index is 13.2. The minimum absolute atomic E-state index is 0.115. The third-order valence-electron chi connectivity index (χ3n) is 9.40. The number of ether oxygens (including phenoxy) is 6. The minimum atomic E-state index is -1.49. The Balaban J connectivity index is 1.82. The van der Waals surface area contributed by atoms with Crippen LogP contribution in [0.5, 0.6) is 0 Å². The molecule has 1 aliphatic carbocycles. The van der Waals surface area contributed by atoms with Crippen molar-refractivity contribution in [1.82, 2.24) is 0 Å².